The number of nitrogens with zero attached hydrogens (tertiary/aromatic N) is 2. The second kappa shape index (κ2) is 7.32. The highest BCUT2D eigenvalue weighted by Gasteiger charge is 2.17. The van der Waals surface area contributed by atoms with Gasteiger partial charge >= 0.3 is 0 Å². The molecule has 128 valence electrons. The van der Waals surface area contributed by atoms with Crippen molar-refractivity contribution < 1.29 is 9.90 Å². The second-order valence-corrected chi connectivity index (χ2v) is 6.00. The van der Waals surface area contributed by atoms with Gasteiger partial charge in [0.25, 0.3) is 5.91 Å². The predicted octanol–water partition coefficient (Wildman–Crippen LogP) is 3.07. The van der Waals surface area contributed by atoms with Crippen molar-refractivity contribution in [1.82, 2.24) is 15.1 Å². The lowest BCUT2D eigenvalue weighted by molar-refractivity contribution is 0.0930. The van der Waals surface area contributed by atoms with Crippen molar-refractivity contribution in [3.8, 4) is 11.3 Å². The Kier molecular flexibility index (Phi) is 4.95. The van der Waals surface area contributed by atoms with E-state index in [2.05, 4.69) is 10.4 Å². The van der Waals surface area contributed by atoms with Crippen LogP contribution in [0.2, 0.25) is 0 Å². The van der Waals surface area contributed by atoms with Gasteiger partial charge in [0.05, 0.1) is 18.3 Å². The lowest BCUT2D eigenvalue weighted by Gasteiger charge is -2.14. The number of carbonyl (C=O) groups is 1. The summed E-state index contributed by atoms with van der Waals surface area (Å²) in [5.74, 6) is -0.170. The molecule has 25 heavy (non-hydrogen) atoms. The van der Waals surface area contributed by atoms with Gasteiger partial charge in [-0.05, 0) is 24.1 Å². The molecule has 5 nitrogen and oxygen atoms in total. The molecule has 2 aromatic carbocycles. The van der Waals surface area contributed by atoms with Crippen molar-refractivity contribution in [3.05, 3.63) is 77.5 Å². The van der Waals surface area contributed by atoms with E-state index in [9.17, 15) is 4.79 Å². The van der Waals surface area contributed by atoms with Gasteiger partial charge in [-0.2, -0.15) is 5.10 Å². The Balaban J connectivity index is 1.75. The molecule has 1 aromatic heterocycles. The summed E-state index contributed by atoms with van der Waals surface area (Å²) in [5.41, 5.74) is 4.09. The molecule has 3 aromatic rings. The number of aliphatic hydroxyl groups is 1. The maximum Gasteiger partial charge on any atom is 0.270 e. The highest BCUT2D eigenvalue weighted by molar-refractivity contribution is 5.94. The number of aromatic nitrogens is 2. The van der Waals surface area contributed by atoms with Crippen LogP contribution in [0.25, 0.3) is 11.3 Å². The third-order valence-electron chi connectivity index (χ3n) is 4.19. The van der Waals surface area contributed by atoms with Crippen LogP contribution in [-0.2, 0) is 13.7 Å². The van der Waals surface area contributed by atoms with E-state index in [1.165, 1.54) is 0 Å². The van der Waals surface area contributed by atoms with Gasteiger partial charge < -0.3 is 10.4 Å². The Morgan fingerprint density at radius 3 is 2.48 bits per heavy atom. The van der Waals surface area contributed by atoms with Crippen LogP contribution in [0, 0.1) is 0 Å². The number of aryl methyl sites for hydroxylation is 1. The quantitative estimate of drug-likeness (QED) is 0.753. The topological polar surface area (TPSA) is 67.2 Å². The maximum atomic E-state index is 12.6. The van der Waals surface area contributed by atoms with E-state index in [0.29, 0.717) is 5.69 Å². The summed E-state index contributed by atoms with van der Waals surface area (Å²) in [6, 6.07) is 19.0. The van der Waals surface area contributed by atoms with E-state index in [4.69, 9.17) is 5.11 Å². The Morgan fingerprint density at radius 2 is 1.84 bits per heavy atom. The first kappa shape index (κ1) is 16.9. The number of carbonyl (C=O) groups excluding carboxylic acids is 1. The van der Waals surface area contributed by atoms with E-state index < -0.39 is 0 Å². The molecule has 0 saturated heterocycles. The lowest BCUT2D eigenvalue weighted by atomic mass is 10.1. The van der Waals surface area contributed by atoms with Crippen LogP contribution in [0.1, 0.15) is 34.6 Å². The lowest BCUT2D eigenvalue weighted by Crippen LogP contribution is -2.28. The first-order valence-corrected chi connectivity index (χ1v) is 8.18. The fourth-order valence-corrected chi connectivity index (χ4v) is 2.70. The first-order valence-electron chi connectivity index (χ1n) is 8.18. The van der Waals surface area contributed by atoms with Crippen molar-refractivity contribution in [3.63, 3.8) is 0 Å². The number of nitrogens with one attached hydrogen (secondary N) is 1. The Hall–Kier alpha value is -2.92. The Bertz CT molecular complexity index is 854. The molecule has 0 unspecified atom stereocenters. The molecule has 5 heteroatoms. The zero-order valence-corrected chi connectivity index (χ0v) is 14.3. The van der Waals surface area contributed by atoms with Crippen LogP contribution in [-0.4, -0.2) is 20.8 Å². The SMILES string of the molecule is C[C@@H](NC(=O)c1cc(-c2ccccc2)nn1C)c1ccc(CO)cc1. The minimum absolute atomic E-state index is 0.0122. The average molecular weight is 335 g/mol. The standard InChI is InChI=1S/C20H21N3O2/c1-14(16-10-8-15(13-24)9-11-16)21-20(25)19-12-18(22-23(19)2)17-6-4-3-5-7-17/h3-12,14,24H,13H2,1-2H3,(H,21,25)/t14-/m1/s1. The molecule has 1 heterocycles. The first-order chi connectivity index (χ1) is 12.1. The van der Waals surface area contributed by atoms with Crippen molar-refractivity contribution in [2.45, 2.75) is 19.6 Å². The van der Waals surface area contributed by atoms with E-state index in [0.717, 1.165) is 22.4 Å². The zero-order valence-electron chi connectivity index (χ0n) is 14.3. The molecule has 0 saturated carbocycles. The van der Waals surface area contributed by atoms with Gasteiger partial charge in [-0.25, -0.2) is 0 Å². The summed E-state index contributed by atoms with van der Waals surface area (Å²) in [6.45, 7) is 1.94. The van der Waals surface area contributed by atoms with E-state index in [-0.39, 0.29) is 18.6 Å². The largest absolute Gasteiger partial charge is 0.392 e. The Labute approximate surface area is 146 Å². The van der Waals surface area contributed by atoms with Gasteiger partial charge in [-0.1, -0.05) is 54.6 Å². The fourth-order valence-electron chi connectivity index (χ4n) is 2.70. The van der Waals surface area contributed by atoms with E-state index in [1.54, 1.807) is 17.8 Å². The molecule has 0 radical (unpaired) electrons. The summed E-state index contributed by atoms with van der Waals surface area (Å²) in [6.07, 6.45) is 0. The van der Waals surface area contributed by atoms with Gasteiger partial charge in [-0.15, -0.1) is 0 Å². The summed E-state index contributed by atoms with van der Waals surface area (Å²) < 4.78 is 1.60. The minimum Gasteiger partial charge on any atom is -0.392 e. The summed E-state index contributed by atoms with van der Waals surface area (Å²) in [5, 5.41) is 16.5. The molecular formula is C20H21N3O2. The van der Waals surface area contributed by atoms with E-state index in [1.807, 2.05) is 61.5 Å². The molecule has 0 bridgehead atoms. The van der Waals surface area contributed by atoms with Gasteiger partial charge in [0, 0.05) is 12.6 Å². The molecule has 0 spiro atoms. The van der Waals surface area contributed by atoms with Gasteiger partial charge in [0.15, 0.2) is 0 Å². The maximum absolute atomic E-state index is 12.6. The molecule has 0 aliphatic rings. The molecule has 1 amide bonds. The third kappa shape index (κ3) is 3.78. The second-order valence-electron chi connectivity index (χ2n) is 6.00. The molecule has 2 N–H and O–H groups in total. The third-order valence-corrected chi connectivity index (χ3v) is 4.19. The fraction of sp³-hybridized carbons (Fsp3) is 0.200. The van der Waals surface area contributed by atoms with Crippen LogP contribution in [0.15, 0.2) is 60.7 Å². The normalized spacial score (nSPS) is 12.0. The number of rotatable bonds is 5. The molecule has 1 atom stereocenters. The van der Waals surface area contributed by atoms with Crippen molar-refractivity contribution in [2.24, 2.45) is 7.05 Å². The van der Waals surface area contributed by atoms with E-state index >= 15 is 0 Å². The summed E-state index contributed by atoms with van der Waals surface area (Å²) in [4.78, 5) is 12.6. The molecule has 3 rings (SSSR count). The van der Waals surface area contributed by atoms with Crippen molar-refractivity contribution in [2.75, 3.05) is 0 Å². The number of benzene rings is 2. The molecule has 0 aliphatic carbocycles. The summed E-state index contributed by atoms with van der Waals surface area (Å²) in [7, 11) is 1.77. The van der Waals surface area contributed by atoms with Crippen molar-refractivity contribution in [1.29, 1.82) is 0 Å². The number of amides is 1. The number of hydrogen-bond acceptors (Lipinski definition) is 3. The molecular weight excluding hydrogens is 314 g/mol. The van der Waals surface area contributed by atoms with Crippen LogP contribution in [0.5, 0.6) is 0 Å². The highest BCUT2D eigenvalue weighted by Crippen LogP contribution is 2.19. The number of aliphatic hydroxyl groups excluding tert-OH is 1. The van der Waals surface area contributed by atoms with Crippen LogP contribution in [0.4, 0.5) is 0 Å². The average Bonchev–Trinajstić information content (AvgIpc) is 3.04. The smallest absolute Gasteiger partial charge is 0.270 e. The highest BCUT2D eigenvalue weighted by atomic mass is 16.3. The monoisotopic (exact) mass is 335 g/mol. The Morgan fingerprint density at radius 1 is 1.16 bits per heavy atom. The van der Waals surface area contributed by atoms with Crippen molar-refractivity contribution >= 4 is 5.91 Å². The van der Waals surface area contributed by atoms with Gasteiger partial charge in [0.2, 0.25) is 0 Å². The van der Waals surface area contributed by atoms with Crippen LogP contribution in [0.3, 0.4) is 0 Å². The summed E-state index contributed by atoms with van der Waals surface area (Å²) >= 11 is 0. The van der Waals surface area contributed by atoms with Gasteiger partial charge in [-0.3, -0.25) is 9.48 Å². The van der Waals surface area contributed by atoms with Crippen LogP contribution < -0.4 is 5.32 Å². The molecule has 0 fully saturated rings. The molecule has 0 aliphatic heterocycles. The zero-order chi connectivity index (χ0) is 17.8. The minimum atomic E-state index is -0.170. The predicted molar refractivity (Wildman–Crippen MR) is 96.9 cm³/mol. The number of hydrogen-bond donors (Lipinski definition) is 2. The van der Waals surface area contributed by atoms with Crippen LogP contribution >= 0.6 is 0 Å². The van der Waals surface area contributed by atoms with Gasteiger partial charge in [0.1, 0.15) is 5.69 Å².